The number of rotatable bonds is 9. The van der Waals surface area contributed by atoms with Crippen LogP contribution in [0.3, 0.4) is 0 Å². The van der Waals surface area contributed by atoms with Gasteiger partial charge in [0.1, 0.15) is 11.3 Å². The molecule has 0 radical (unpaired) electrons. The molecule has 0 fully saturated rings. The van der Waals surface area contributed by atoms with E-state index in [-0.39, 0.29) is 18.5 Å². The van der Waals surface area contributed by atoms with E-state index in [2.05, 4.69) is 21.5 Å². The van der Waals surface area contributed by atoms with Crippen molar-refractivity contribution in [3.63, 3.8) is 0 Å². The number of aromatic nitrogens is 4. The second kappa shape index (κ2) is 9.89. The fraction of sp³-hybridized carbons (Fsp3) is 0.389. The first-order valence-electron chi connectivity index (χ1n) is 8.94. The molecule has 3 heterocycles. The molecule has 2 aromatic rings. The number of hydrogen-bond donors (Lipinski definition) is 1. The van der Waals surface area contributed by atoms with Crippen LogP contribution in [0.15, 0.2) is 42.5 Å². The predicted molar refractivity (Wildman–Crippen MR) is 107 cm³/mol. The second-order valence-electron chi connectivity index (χ2n) is 6.11. The first-order valence-corrected chi connectivity index (χ1v) is 10.0. The molecule has 2 unspecified atom stereocenters. The number of anilines is 1. The van der Waals surface area contributed by atoms with Gasteiger partial charge in [-0.15, -0.1) is 0 Å². The number of nitrogens with zero attached hydrogens (tertiary/aromatic N) is 4. The van der Waals surface area contributed by atoms with Gasteiger partial charge < -0.3 is 19.6 Å². The first-order chi connectivity index (χ1) is 14.0. The van der Waals surface area contributed by atoms with E-state index >= 15 is 0 Å². The highest BCUT2D eigenvalue weighted by Gasteiger charge is 2.24. The van der Waals surface area contributed by atoms with Crippen molar-refractivity contribution in [3.05, 3.63) is 48.5 Å². The van der Waals surface area contributed by atoms with Gasteiger partial charge in [-0.25, -0.2) is 4.98 Å². The van der Waals surface area contributed by atoms with Crippen LogP contribution in [0.25, 0.3) is 11.2 Å². The van der Waals surface area contributed by atoms with Gasteiger partial charge in [0, 0.05) is 19.2 Å². The Labute approximate surface area is 169 Å². The standard InChI is InChI=1S/C18H23FN5O4P/c1-4-6-12-9-26-29(28-14(12)5-2)27-10-13(25-3)7-8-24-11-21-15-16(20)22-18(19)23-17(15)24/h4-6,11,13H,2,7-10H2,1,3H3,(H2,20,22,23)/b6-4-. The van der Waals surface area contributed by atoms with E-state index in [1.807, 2.05) is 19.1 Å². The number of halogens is 1. The average Bonchev–Trinajstić information content (AvgIpc) is 3.12. The van der Waals surface area contributed by atoms with Gasteiger partial charge in [0.2, 0.25) is 0 Å². The van der Waals surface area contributed by atoms with Crippen LogP contribution < -0.4 is 5.73 Å². The Hall–Kier alpha value is -2.39. The maximum atomic E-state index is 13.5. The zero-order chi connectivity index (χ0) is 20.8. The molecule has 0 saturated heterocycles. The Morgan fingerprint density at radius 3 is 3.03 bits per heavy atom. The first kappa shape index (κ1) is 21.3. The third-order valence-electron chi connectivity index (χ3n) is 4.22. The highest BCUT2D eigenvalue weighted by atomic mass is 31.2. The molecule has 9 nitrogen and oxygen atoms in total. The van der Waals surface area contributed by atoms with E-state index in [0.29, 0.717) is 36.5 Å². The predicted octanol–water partition coefficient (Wildman–Crippen LogP) is 3.26. The summed E-state index contributed by atoms with van der Waals surface area (Å²) in [5.74, 6) is 0.661. The lowest BCUT2D eigenvalue weighted by atomic mass is 10.2. The van der Waals surface area contributed by atoms with Gasteiger partial charge in [0.15, 0.2) is 11.5 Å². The molecule has 0 spiro atoms. The van der Waals surface area contributed by atoms with E-state index in [1.54, 1.807) is 24.1 Å². The van der Waals surface area contributed by atoms with Crippen LogP contribution in [0.2, 0.25) is 0 Å². The van der Waals surface area contributed by atoms with Crippen molar-refractivity contribution in [2.24, 2.45) is 0 Å². The molecule has 0 aliphatic carbocycles. The van der Waals surface area contributed by atoms with Gasteiger partial charge in [-0.05, 0) is 19.4 Å². The van der Waals surface area contributed by atoms with E-state index < -0.39 is 14.7 Å². The van der Waals surface area contributed by atoms with Crippen molar-refractivity contribution in [2.45, 2.75) is 26.0 Å². The van der Waals surface area contributed by atoms with Crippen molar-refractivity contribution < 1.29 is 22.7 Å². The molecule has 29 heavy (non-hydrogen) atoms. The number of nitrogen functional groups attached to an aromatic ring is 1. The highest BCUT2D eigenvalue weighted by molar-refractivity contribution is 7.41. The van der Waals surface area contributed by atoms with Crippen LogP contribution in [0.5, 0.6) is 0 Å². The Kier molecular flexibility index (Phi) is 7.27. The Morgan fingerprint density at radius 1 is 1.48 bits per heavy atom. The molecule has 2 N–H and O–H groups in total. The number of imidazole rings is 1. The minimum Gasteiger partial charge on any atom is -0.426 e. The Balaban J connectivity index is 1.56. The summed E-state index contributed by atoms with van der Waals surface area (Å²) in [5.41, 5.74) is 7.30. The minimum absolute atomic E-state index is 0.00985. The minimum atomic E-state index is -1.53. The summed E-state index contributed by atoms with van der Waals surface area (Å²) in [7, 11) is 0.0582. The lowest BCUT2D eigenvalue weighted by molar-refractivity contribution is 0.0396. The molecule has 2 aromatic heterocycles. The monoisotopic (exact) mass is 423 g/mol. The number of methoxy groups -OCH3 is 1. The van der Waals surface area contributed by atoms with Gasteiger partial charge >= 0.3 is 14.7 Å². The number of ether oxygens (including phenoxy) is 1. The summed E-state index contributed by atoms with van der Waals surface area (Å²) in [6, 6.07) is 0. The van der Waals surface area contributed by atoms with E-state index in [9.17, 15) is 4.39 Å². The summed E-state index contributed by atoms with van der Waals surface area (Å²) >= 11 is 0. The molecule has 0 amide bonds. The van der Waals surface area contributed by atoms with Crippen molar-refractivity contribution >= 4 is 25.6 Å². The highest BCUT2D eigenvalue weighted by Crippen LogP contribution is 2.46. The van der Waals surface area contributed by atoms with Crippen molar-refractivity contribution in [1.29, 1.82) is 0 Å². The van der Waals surface area contributed by atoms with Gasteiger partial charge in [0.25, 0.3) is 0 Å². The third kappa shape index (κ3) is 5.16. The molecule has 11 heteroatoms. The zero-order valence-corrected chi connectivity index (χ0v) is 17.1. The average molecular weight is 423 g/mol. The van der Waals surface area contributed by atoms with Crippen LogP contribution >= 0.6 is 8.60 Å². The second-order valence-corrected chi connectivity index (χ2v) is 7.26. The number of nitrogens with two attached hydrogens (primary N) is 1. The van der Waals surface area contributed by atoms with Crippen LogP contribution in [-0.4, -0.2) is 45.9 Å². The largest absolute Gasteiger partial charge is 0.426 e. The van der Waals surface area contributed by atoms with Crippen LogP contribution in [0.4, 0.5) is 10.2 Å². The Morgan fingerprint density at radius 2 is 2.31 bits per heavy atom. The van der Waals surface area contributed by atoms with Crippen molar-refractivity contribution in [1.82, 2.24) is 19.5 Å². The zero-order valence-electron chi connectivity index (χ0n) is 16.2. The number of hydrogen-bond acceptors (Lipinski definition) is 8. The smallest absolute Gasteiger partial charge is 0.397 e. The molecule has 0 bridgehead atoms. The van der Waals surface area contributed by atoms with Gasteiger partial charge in [-0.3, -0.25) is 9.05 Å². The fourth-order valence-electron chi connectivity index (χ4n) is 2.72. The normalized spacial score (nSPS) is 18.4. The molecule has 156 valence electrons. The molecular weight excluding hydrogens is 400 g/mol. The summed E-state index contributed by atoms with van der Waals surface area (Å²) in [6.45, 7) is 6.82. The number of fused-ring (bicyclic) bond motifs is 1. The number of allylic oxidation sites excluding steroid dienone is 2. The van der Waals surface area contributed by atoms with Crippen molar-refractivity contribution in [3.8, 4) is 0 Å². The quantitative estimate of drug-likeness (QED) is 0.484. The molecule has 0 saturated carbocycles. The lowest BCUT2D eigenvalue weighted by Gasteiger charge is -2.25. The van der Waals surface area contributed by atoms with Crippen molar-refractivity contribution in [2.75, 3.05) is 26.1 Å². The topological polar surface area (TPSA) is 107 Å². The SMILES string of the molecule is C=CC1=C(/C=C\C)COP(OCC(CCn2cnc3c(N)nc(F)nc32)OC)O1. The molecule has 2 atom stereocenters. The van der Waals surface area contributed by atoms with Crippen LogP contribution in [0, 0.1) is 6.08 Å². The lowest BCUT2D eigenvalue weighted by Crippen LogP contribution is -2.20. The van der Waals surface area contributed by atoms with Crippen LogP contribution in [0.1, 0.15) is 13.3 Å². The molecule has 0 aromatic carbocycles. The third-order valence-corrected chi connectivity index (χ3v) is 5.27. The molecule has 1 aliphatic heterocycles. The van der Waals surface area contributed by atoms with E-state index in [1.165, 1.54) is 0 Å². The Bertz CT molecular complexity index is 932. The fourth-order valence-corrected chi connectivity index (χ4v) is 3.79. The molecular formula is C18H23FN5O4P. The van der Waals surface area contributed by atoms with Gasteiger partial charge in [0.05, 0.1) is 25.6 Å². The van der Waals surface area contributed by atoms with E-state index in [0.717, 1.165) is 5.57 Å². The summed E-state index contributed by atoms with van der Waals surface area (Å²) in [5, 5.41) is 0. The number of aryl methyl sites for hydroxylation is 1. The van der Waals surface area contributed by atoms with Crippen LogP contribution in [-0.2, 0) is 24.9 Å². The summed E-state index contributed by atoms with van der Waals surface area (Å²) in [6.07, 6.45) is 6.46. The maximum Gasteiger partial charge on any atom is 0.397 e. The summed E-state index contributed by atoms with van der Waals surface area (Å²) in [4.78, 5) is 11.4. The molecule has 1 aliphatic rings. The van der Waals surface area contributed by atoms with Gasteiger partial charge in [-0.2, -0.15) is 14.4 Å². The van der Waals surface area contributed by atoms with E-state index in [4.69, 9.17) is 24.0 Å². The van der Waals surface area contributed by atoms with Gasteiger partial charge in [-0.1, -0.05) is 18.7 Å². The summed E-state index contributed by atoms with van der Waals surface area (Å²) < 4.78 is 37.7. The maximum absolute atomic E-state index is 13.5. The molecule has 3 rings (SSSR count).